The predicted molar refractivity (Wildman–Crippen MR) is 98.8 cm³/mol. The van der Waals surface area contributed by atoms with Crippen molar-refractivity contribution in [2.24, 2.45) is 0 Å². The molecule has 120 valence electrons. The molecule has 1 aromatic carbocycles. The van der Waals surface area contributed by atoms with Crippen molar-refractivity contribution in [2.75, 3.05) is 5.32 Å². The van der Waals surface area contributed by atoms with Crippen LogP contribution in [0.3, 0.4) is 0 Å². The summed E-state index contributed by atoms with van der Waals surface area (Å²) in [5, 5.41) is 6.23. The zero-order valence-electron chi connectivity index (χ0n) is 12.7. The van der Waals surface area contributed by atoms with E-state index in [0.29, 0.717) is 10.8 Å². The summed E-state index contributed by atoms with van der Waals surface area (Å²) < 4.78 is 1.85. The van der Waals surface area contributed by atoms with E-state index in [9.17, 15) is 4.79 Å². The number of benzene rings is 1. The first kappa shape index (κ1) is 15.0. The van der Waals surface area contributed by atoms with Gasteiger partial charge in [-0.05, 0) is 37.3 Å². The molecular weight excluding hydrogens is 344 g/mol. The first-order chi connectivity index (χ1) is 11.6. The molecule has 0 aliphatic carbocycles. The number of nitrogens with one attached hydrogen (secondary N) is 2. The second-order valence-electron chi connectivity index (χ2n) is 5.42. The summed E-state index contributed by atoms with van der Waals surface area (Å²) in [7, 11) is 0. The van der Waals surface area contributed by atoms with E-state index in [1.54, 1.807) is 6.08 Å². The smallest absolute Gasteiger partial charge is 0.248 e. The second kappa shape index (κ2) is 5.81. The Morgan fingerprint density at radius 1 is 1.42 bits per heavy atom. The standard InChI is InChI=1S/C17H13ClN4OS/c1-10-8-11-9-12(2-3-13(11)19-10)20-15(23)5-4-14-16(18)21-17-22(14)6-7-24-17/h2-9,19H,1H3,(H,20,23)/b5-4+. The van der Waals surface area contributed by atoms with Crippen LogP contribution in [0.25, 0.3) is 21.9 Å². The van der Waals surface area contributed by atoms with Gasteiger partial charge in [0.25, 0.3) is 0 Å². The fraction of sp³-hybridized carbons (Fsp3) is 0.0588. The molecular formula is C17H13ClN4OS. The quantitative estimate of drug-likeness (QED) is 0.531. The number of rotatable bonds is 3. The molecule has 5 nitrogen and oxygen atoms in total. The number of carbonyl (C=O) groups excluding carboxylic acids is 1. The summed E-state index contributed by atoms with van der Waals surface area (Å²) in [6, 6.07) is 7.80. The Hall–Kier alpha value is -2.57. The van der Waals surface area contributed by atoms with Crippen molar-refractivity contribution in [1.82, 2.24) is 14.4 Å². The molecule has 0 atom stereocenters. The summed E-state index contributed by atoms with van der Waals surface area (Å²) in [4.78, 5) is 20.4. The second-order valence-corrected chi connectivity index (χ2v) is 6.65. The van der Waals surface area contributed by atoms with Crippen LogP contribution in [0, 0.1) is 6.92 Å². The molecule has 0 bridgehead atoms. The molecule has 0 aliphatic rings. The number of imidazole rings is 1. The maximum Gasteiger partial charge on any atom is 0.248 e. The lowest BCUT2D eigenvalue weighted by molar-refractivity contribution is -0.111. The van der Waals surface area contributed by atoms with Crippen LogP contribution in [0.5, 0.6) is 0 Å². The third-order valence-electron chi connectivity index (χ3n) is 3.67. The largest absolute Gasteiger partial charge is 0.359 e. The number of aromatic nitrogens is 3. The molecule has 3 heterocycles. The highest BCUT2D eigenvalue weighted by molar-refractivity contribution is 7.15. The van der Waals surface area contributed by atoms with Crippen LogP contribution in [-0.4, -0.2) is 20.3 Å². The molecule has 1 amide bonds. The third-order valence-corrected chi connectivity index (χ3v) is 4.70. The molecule has 0 saturated carbocycles. The number of thiazole rings is 1. The van der Waals surface area contributed by atoms with Gasteiger partial charge in [-0.2, -0.15) is 0 Å². The molecule has 24 heavy (non-hydrogen) atoms. The van der Waals surface area contributed by atoms with E-state index in [2.05, 4.69) is 15.3 Å². The van der Waals surface area contributed by atoms with Crippen molar-refractivity contribution in [3.8, 4) is 0 Å². The minimum atomic E-state index is -0.220. The normalized spacial score (nSPS) is 11.8. The number of nitrogens with zero attached hydrogens (tertiary/aromatic N) is 2. The van der Waals surface area contributed by atoms with Gasteiger partial charge in [-0.3, -0.25) is 9.20 Å². The zero-order valence-corrected chi connectivity index (χ0v) is 14.3. The number of halogens is 1. The number of carbonyl (C=O) groups is 1. The Morgan fingerprint density at radius 2 is 2.29 bits per heavy atom. The Morgan fingerprint density at radius 3 is 3.17 bits per heavy atom. The number of fused-ring (bicyclic) bond motifs is 2. The molecule has 4 aromatic rings. The van der Waals surface area contributed by atoms with Gasteiger partial charge in [0.15, 0.2) is 10.1 Å². The first-order valence-corrected chi connectivity index (χ1v) is 8.55. The number of aryl methyl sites for hydroxylation is 1. The SMILES string of the molecule is Cc1cc2cc(NC(=O)/C=C/c3c(Cl)nc4sccn34)ccc2[nH]1. The van der Waals surface area contributed by atoms with Gasteiger partial charge in [-0.15, -0.1) is 11.3 Å². The van der Waals surface area contributed by atoms with E-state index in [1.807, 2.05) is 47.2 Å². The fourth-order valence-electron chi connectivity index (χ4n) is 2.62. The minimum absolute atomic E-state index is 0.220. The molecule has 0 unspecified atom stereocenters. The Bertz CT molecular complexity index is 1090. The van der Waals surface area contributed by atoms with Gasteiger partial charge >= 0.3 is 0 Å². The van der Waals surface area contributed by atoms with Crippen LogP contribution < -0.4 is 5.32 Å². The Balaban J connectivity index is 1.55. The van der Waals surface area contributed by atoms with E-state index in [0.717, 1.165) is 27.2 Å². The fourth-order valence-corrected chi connectivity index (χ4v) is 3.63. The van der Waals surface area contributed by atoms with Crippen LogP contribution in [0.4, 0.5) is 5.69 Å². The van der Waals surface area contributed by atoms with Crippen molar-refractivity contribution in [3.63, 3.8) is 0 Å². The number of amides is 1. The topological polar surface area (TPSA) is 62.2 Å². The van der Waals surface area contributed by atoms with Gasteiger partial charge in [-0.1, -0.05) is 11.6 Å². The lowest BCUT2D eigenvalue weighted by Crippen LogP contribution is -2.07. The van der Waals surface area contributed by atoms with Gasteiger partial charge in [0, 0.05) is 39.9 Å². The van der Waals surface area contributed by atoms with Crippen LogP contribution in [0.1, 0.15) is 11.4 Å². The maximum atomic E-state index is 12.2. The van der Waals surface area contributed by atoms with Crippen LogP contribution >= 0.6 is 22.9 Å². The highest BCUT2D eigenvalue weighted by Crippen LogP contribution is 2.23. The minimum Gasteiger partial charge on any atom is -0.359 e. The molecule has 2 N–H and O–H groups in total. The van der Waals surface area contributed by atoms with Gasteiger partial charge in [0.05, 0.1) is 5.69 Å². The summed E-state index contributed by atoms with van der Waals surface area (Å²) in [6.07, 6.45) is 5.00. The number of H-pyrrole nitrogens is 1. The molecule has 4 rings (SSSR count). The van der Waals surface area contributed by atoms with E-state index >= 15 is 0 Å². The van der Waals surface area contributed by atoms with E-state index < -0.39 is 0 Å². The van der Waals surface area contributed by atoms with Crippen LogP contribution in [-0.2, 0) is 4.79 Å². The van der Waals surface area contributed by atoms with E-state index in [4.69, 9.17) is 11.6 Å². The van der Waals surface area contributed by atoms with Crippen molar-refractivity contribution < 1.29 is 4.79 Å². The number of aromatic amines is 1. The highest BCUT2D eigenvalue weighted by Gasteiger charge is 2.09. The van der Waals surface area contributed by atoms with E-state index in [1.165, 1.54) is 17.4 Å². The van der Waals surface area contributed by atoms with Crippen molar-refractivity contribution in [3.05, 3.63) is 58.5 Å². The molecule has 0 radical (unpaired) electrons. The van der Waals surface area contributed by atoms with Crippen molar-refractivity contribution in [1.29, 1.82) is 0 Å². The number of hydrogen-bond acceptors (Lipinski definition) is 3. The van der Waals surface area contributed by atoms with E-state index in [-0.39, 0.29) is 5.91 Å². The molecule has 7 heteroatoms. The molecule has 0 spiro atoms. The Kier molecular flexibility index (Phi) is 3.63. The first-order valence-electron chi connectivity index (χ1n) is 7.29. The molecule has 0 fully saturated rings. The number of anilines is 1. The number of hydrogen-bond donors (Lipinski definition) is 2. The lowest BCUT2D eigenvalue weighted by Gasteiger charge is -2.02. The Labute approximate surface area is 146 Å². The van der Waals surface area contributed by atoms with Gasteiger partial charge < -0.3 is 10.3 Å². The lowest BCUT2D eigenvalue weighted by atomic mass is 10.2. The molecule has 3 aromatic heterocycles. The summed E-state index contributed by atoms with van der Waals surface area (Å²) in [6.45, 7) is 2.00. The highest BCUT2D eigenvalue weighted by atomic mass is 35.5. The third kappa shape index (κ3) is 2.70. The summed E-state index contributed by atoms with van der Waals surface area (Å²) in [5.74, 6) is -0.220. The van der Waals surface area contributed by atoms with Gasteiger partial charge in [0.1, 0.15) is 0 Å². The average Bonchev–Trinajstić information content (AvgIpc) is 3.19. The average molecular weight is 357 g/mol. The zero-order chi connectivity index (χ0) is 16.7. The van der Waals surface area contributed by atoms with Crippen LogP contribution in [0.15, 0.2) is 41.9 Å². The van der Waals surface area contributed by atoms with Crippen molar-refractivity contribution in [2.45, 2.75) is 6.92 Å². The molecule has 0 saturated heterocycles. The van der Waals surface area contributed by atoms with Crippen molar-refractivity contribution >= 4 is 56.5 Å². The summed E-state index contributed by atoms with van der Waals surface area (Å²) >= 11 is 7.60. The van der Waals surface area contributed by atoms with Crippen LogP contribution in [0.2, 0.25) is 5.15 Å². The summed E-state index contributed by atoms with van der Waals surface area (Å²) in [5.41, 5.74) is 3.58. The maximum absolute atomic E-state index is 12.2. The predicted octanol–water partition coefficient (Wildman–Crippen LogP) is 4.49. The molecule has 0 aliphatic heterocycles. The van der Waals surface area contributed by atoms with Gasteiger partial charge in [-0.25, -0.2) is 4.98 Å². The monoisotopic (exact) mass is 356 g/mol. The van der Waals surface area contributed by atoms with Gasteiger partial charge in [0.2, 0.25) is 5.91 Å².